The molecule has 0 aliphatic rings. The highest BCUT2D eigenvalue weighted by Crippen LogP contribution is 2.15. The maximum Gasteiger partial charge on any atom is 0.119 e. The summed E-state index contributed by atoms with van der Waals surface area (Å²) in [5, 5.41) is 3.40. The third-order valence-electron chi connectivity index (χ3n) is 3.17. The predicted molar refractivity (Wildman–Crippen MR) is 90.9 cm³/mol. The summed E-state index contributed by atoms with van der Waals surface area (Å²) in [6, 6.07) is 8.40. The van der Waals surface area contributed by atoms with Crippen molar-refractivity contribution in [1.82, 2.24) is 10.2 Å². The molecule has 1 aromatic carbocycles. The van der Waals surface area contributed by atoms with Crippen molar-refractivity contribution in [3.05, 3.63) is 29.8 Å². The second-order valence-corrected chi connectivity index (χ2v) is 6.97. The van der Waals surface area contributed by atoms with Crippen molar-refractivity contribution < 1.29 is 4.74 Å². The maximum atomic E-state index is 5.81. The van der Waals surface area contributed by atoms with Crippen molar-refractivity contribution in [3.8, 4) is 5.75 Å². The largest absolute Gasteiger partial charge is 0.492 e. The van der Waals surface area contributed by atoms with Gasteiger partial charge in [0, 0.05) is 19.6 Å². The molecule has 3 nitrogen and oxygen atoms in total. The van der Waals surface area contributed by atoms with Gasteiger partial charge in [0.1, 0.15) is 12.4 Å². The van der Waals surface area contributed by atoms with E-state index in [1.54, 1.807) is 0 Å². The standard InChI is InChI=1S/C18H32N2O/c1-6-11-19-14-16-7-9-17(10-8-16)21-13-12-20(5)15-18(2,3)4/h7-10,19H,6,11-15H2,1-5H3. The molecule has 3 heteroatoms. The Morgan fingerprint density at radius 1 is 1.14 bits per heavy atom. The van der Waals surface area contributed by atoms with Crippen LogP contribution in [0.1, 0.15) is 39.7 Å². The van der Waals surface area contributed by atoms with E-state index in [1.165, 1.54) is 12.0 Å². The molecule has 0 radical (unpaired) electrons. The molecule has 1 aromatic rings. The summed E-state index contributed by atoms with van der Waals surface area (Å²) < 4.78 is 5.81. The monoisotopic (exact) mass is 292 g/mol. The fourth-order valence-corrected chi connectivity index (χ4v) is 2.32. The summed E-state index contributed by atoms with van der Waals surface area (Å²) in [5.74, 6) is 0.957. The van der Waals surface area contributed by atoms with Gasteiger partial charge in [0.05, 0.1) is 0 Å². The van der Waals surface area contributed by atoms with E-state index in [9.17, 15) is 0 Å². The van der Waals surface area contributed by atoms with Crippen LogP contribution >= 0.6 is 0 Å². The zero-order chi connectivity index (χ0) is 15.7. The first-order valence-electron chi connectivity index (χ1n) is 8.02. The van der Waals surface area contributed by atoms with Crippen molar-refractivity contribution in [2.24, 2.45) is 5.41 Å². The van der Waals surface area contributed by atoms with Crippen molar-refractivity contribution in [2.75, 3.05) is 33.3 Å². The van der Waals surface area contributed by atoms with Crippen LogP contribution < -0.4 is 10.1 Å². The molecular formula is C18H32N2O. The average Bonchev–Trinajstić information content (AvgIpc) is 2.39. The molecule has 0 amide bonds. The highest BCUT2D eigenvalue weighted by molar-refractivity contribution is 5.27. The topological polar surface area (TPSA) is 24.5 Å². The number of rotatable bonds is 9. The fraction of sp³-hybridized carbons (Fsp3) is 0.667. The number of benzene rings is 1. The quantitative estimate of drug-likeness (QED) is 0.705. The second-order valence-electron chi connectivity index (χ2n) is 6.97. The molecule has 1 rings (SSSR count). The molecule has 0 spiro atoms. The van der Waals surface area contributed by atoms with Crippen molar-refractivity contribution in [1.29, 1.82) is 0 Å². The van der Waals surface area contributed by atoms with Gasteiger partial charge >= 0.3 is 0 Å². The molecule has 21 heavy (non-hydrogen) atoms. The first kappa shape index (κ1) is 18.0. The molecule has 120 valence electrons. The van der Waals surface area contributed by atoms with Crippen molar-refractivity contribution >= 4 is 0 Å². The van der Waals surface area contributed by atoms with Crippen LogP contribution in [-0.2, 0) is 6.54 Å². The first-order chi connectivity index (χ1) is 9.90. The van der Waals surface area contributed by atoms with E-state index in [1.807, 2.05) is 0 Å². The van der Waals surface area contributed by atoms with Gasteiger partial charge in [-0.05, 0) is 43.1 Å². The van der Waals surface area contributed by atoms with E-state index >= 15 is 0 Å². The molecule has 0 saturated carbocycles. The van der Waals surface area contributed by atoms with E-state index in [0.717, 1.165) is 38.5 Å². The minimum Gasteiger partial charge on any atom is -0.492 e. The van der Waals surface area contributed by atoms with Gasteiger partial charge < -0.3 is 15.0 Å². The van der Waals surface area contributed by atoms with E-state index in [-0.39, 0.29) is 0 Å². The van der Waals surface area contributed by atoms with Gasteiger partial charge in [-0.3, -0.25) is 0 Å². The number of hydrogen-bond acceptors (Lipinski definition) is 3. The molecule has 0 fully saturated rings. The lowest BCUT2D eigenvalue weighted by molar-refractivity contribution is 0.188. The fourth-order valence-electron chi connectivity index (χ4n) is 2.32. The van der Waals surface area contributed by atoms with Gasteiger partial charge in [-0.1, -0.05) is 39.8 Å². The van der Waals surface area contributed by atoms with Crippen molar-refractivity contribution in [3.63, 3.8) is 0 Å². The third-order valence-corrected chi connectivity index (χ3v) is 3.17. The highest BCUT2D eigenvalue weighted by atomic mass is 16.5. The average molecular weight is 292 g/mol. The van der Waals surface area contributed by atoms with E-state index in [0.29, 0.717) is 5.41 Å². The molecule has 0 atom stereocenters. The Labute approximate surface area is 130 Å². The number of nitrogens with zero attached hydrogens (tertiary/aromatic N) is 1. The second kappa shape index (κ2) is 9.06. The lowest BCUT2D eigenvalue weighted by atomic mass is 9.96. The minimum atomic E-state index is 0.335. The van der Waals surface area contributed by atoms with E-state index < -0.39 is 0 Å². The van der Waals surface area contributed by atoms with E-state index in [2.05, 4.69) is 69.2 Å². The first-order valence-corrected chi connectivity index (χ1v) is 8.02. The highest BCUT2D eigenvalue weighted by Gasteiger charge is 2.13. The van der Waals surface area contributed by atoms with Gasteiger partial charge in [0.15, 0.2) is 0 Å². The van der Waals surface area contributed by atoms with Gasteiger partial charge in [-0.2, -0.15) is 0 Å². The Kier molecular flexibility index (Phi) is 7.76. The van der Waals surface area contributed by atoms with Crippen LogP contribution in [0.15, 0.2) is 24.3 Å². The molecule has 0 bridgehead atoms. The summed E-state index contributed by atoms with van der Waals surface area (Å²) in [5.41, 5.74) is 1.64. The lowest BCUT2D eigenvalue weighted by Crippen LogP contribution is -2.32. The van der Waals surface area contributed by atoms with Crippen LogP contribution in [0.5, 0.6) is 5.75 Å². The van der Waals surface area contributed by atoms with Crippen LogP contribution in [0.25, 0.3) is 0 Å². The summed E-state index contributed by atoms with van der Waals surface area (Å²) >= 11 is 0. The van der Waals surface area contributed by atoms with Crippen LogP contribution in [0.2, 0.25) is 0 Å². The SMILES string of the molecule is CCCNCc1ccc(OCCN(C)CC(C)(C)C)cc1. The Morgan fingerprint density at radius 2 is 1.81 bits per heavy atom. The molecule has 0 saturated heterocycles. The Hall–Kier alpha value is -1.06. The summed E-state index contributed by atoms with van der Waals surface area (Å²) in [6.07, 6.45) is 1.17. The molecule has 0 aliphatic heterocycles. The third kappa shape index (κ3) is 8.74. The van der Waals surface area contributed by atoms with Crippen LogP contribution in [0.4, 0.5) is 0 Å². The van der Waals surface area contributed by atoms with Gasteiger partial charge in [0.2, 0.25) is 0 Å². The lowest BCUT2D eigenvalue weighted by Gasteiger charge is -2.26. The number of hydrogen-bond donors (Lipinski definition) is 1. The molecule has 0 aliphatic carbocycles. The Morgan fingerprint density at radius 3 is 2.38 bits per heavy atom. The van der Waals surface area contributed by atoms with Crippen LogP contribution in [0.3, 0.4) is 0 Å². The zero-order valence-corrected chi connectivity index (χ0v) is 14.4. The maximum absolute atomic E-state index is 5.81. The zero-order valence-electron chi connectivity index (χ0n) is 14.4. The molecule has 0 unspecified atom stereocenters. The normalized spacial score (nSPS) is 11.9. The predicted octanol–water partition coefficient (Wildman–Crippen LogP) is 3.54. The van der Waals surface area contributed by atoms with Gasteiger partial charge in [-0.25, -0.2) is 0 Å². The van der Waals surface area contributed by atoms with E-state index in [4.69, 9.17) is 4.74 Å². The molecule has 0 heterocycles. The molecular weight excluding hydrogens is 260 g/mol. The molecule has 1 N–H and O–H groups in total. The van der Waals surface area contributed by atoms with Gasteiger partial charge in [0.25, 0.3) is 0 Å². The molecule has 0 aromatic heterocycles. The van der Waals surface area contributed by atoms with Gasteiger partial charge in [-0.15, -0.1) is 0 Å². The summed E-state index contributed by atoms with van der Waals surface area (Å²) in [6.45, 7) is 13.7. The summed E-state index contributed by atoms with van der Waals surface area (Å²) in [4.78, 5) is 2.32. The number of ether oxygens (including phenoxy) is 1. The number of likely N-dealkylation sites (N-methyl/N-ethyl adjacent to an activating group) is 1. The smallest absolute Gasteiger partial charge is 0.119 e. The number of nitrogens with one attached hydrogen (secondary N) is 1. The van der Waals surface area contributed by atoms with Crippen molar-refractivity contribution in [2.45, 2.75) is 40.7 Å². The Balaban J connectivity index is 2.26. The van der Waals surface area contributed by atoms with Crippen LogP contribution in [0, 0.1) is 5.41 Å². The summed E-state index contributed by atoms with van der Waals surface area (Å²) in [7, 11) is 2.15. The Bertz CT molecular complexity index is 381. The van der Waals surface area contributed by atoms with Crippen LogP contribution in [-0.4, -0.2) is 38.2 Å². The minimum absolute atomic E-state index is 0.335.